The van der Waals surface area contributed by atoms with Crippen molar-refractivity contribution >= 4 is 17.5 Å². The monoisotopic (exact) mass is 326 g/mol. The molecule has 5 nitrogen and oxygen atoms in total. The van der Waals surface area contributed by atoms with E-state index in [4.69, 9.17) is 11.6 Å². The smallest absolute Gasteiger partial charge is 0.273 e. The minimum atomic E-state index is -0.251. The number of nitrogens with one attached hydrogen (secondary N) is 1. The molecule has 0 unspecified atom stereocenters. The number of carbonyl (C=O) groups is 1. The molecule has 0 aliphatic carbocycles. The third kappa shape index (κ3) is 3.76. The lowest BCUT2D eigenvalue weighted by molar-refractivity contribution is 0.0949. The summed E-state index contributed by atoms with van der Waals surface area (Å²) in [7, 11) is 0. The summed E-state index contributed by atoms with van der Waals surface area (Å²) in [5, 5.41) is 11.4. The first-order valence-corrected chi connectivity index (χ1v) is 7.61. The van der Waals surface area contributed by atoms with Crippen LogP contribution in [0.2, 0.25) is 5.02 Å². The van der Waals surface area contributed by atoms with Crippen LogP contribution in [0.25, 0.3) is 5.69 Å². The zero-order chi connectivity index (χ0) is 16.1. The van der Waals surface area contributed by atoms with E-state index in [1.807, 2.05) is 54.6 Å². The molecule has 0 saturated carbocycles. The lowest BCUT2D eigenvalue weighted by Crippen LogP contribution is -2.26. The molecule has 116 valence electrons. The second kappa shape index (κ2) is 7.07. The third-order valence-corrected chi connectivity index (χ3v) is 3.75. The van der Waals surface area contributed by atoms with E-state index in [0.717, 1.165) is 11.3 Å². The van der Waals surface area contributed by atoms with Gasteiger partial charge in [0.25, 0.3) is 5.91 Å². The van der Waals surface area contributed by atoms with Crippen molar-refractivity contribution in [3.8, 4) is 5.69 Å². The van der Waals surface area contributed by atoms with Gasteiger partial charge in [-0.05, 0) is 30.2 Å². The van der Waals surface area contributed by atoms with Crippen LogP contribution in [0.1, 0.15) is 16.1 Å². The maximum atomic E-state index is 12.1. The Balaban J connectivity index is 1.59. The van der Waals surface area contributed by atoms with Gasteiger partial charge in [-0.2, -0.15) is 0 Å². The molecule has 6 heteroatoms. The van der Waals surface area contributed by atoms with Crippen molar-refractivity contribution in [2.75, 3.05) is 6.54 Å². The first-order chi connectivity index (χ1) is 11.2. The van der Waals surface area contributed by atoms with E-state index < -0.39 is 0 Å². The Hall–Kier alpha value is -2.66. The van der Waals surface area contributed by atoms with Gasteiger partial charge in [0, 0.05) is 11.6 Å². The Labute approximate surface area is 138 Å². The van der Waals surface area contributed by atoms with E-state index >= 15 is 0 Å². The number of amides is 1. The quantitative estimate of drug-likeness (QED) is 0.784. The van der Waals surface area contributed by atoms with Crippen LogP contribution in [0.3, 0.4) is 0 Å². The first-order valence-electron chi connectivity index (χ1n) is 7.23. The van der Waals surface area contributed by atoms with Crippen molar-refractivity contribution in [1.82, 2.24) is 20.3 Å². The summed E-state index contributed by atoms with van der Waals surface area (Å²) in [5.74, 6) is -0.251. The number of aromatic nitrogens is 3. The number of benzene rings is 2. The Kier molecular flexibility index (Phi) is 4.68. The lowest BCUT2D eigenvalue weighted by Gasteiger charge is -2.05. The predicted octanol–water partition coefficient (Wildman–Crippen LogP) is 2.89. The Morgan fingerprint density at radius 1 is 1.09 bits per heavy atom. The number of para-hydroxylation sites is 1. The van der Waals surface area contributed by atoms with Gasteiger partial charge in [0.2, 0.25) is 0 Å². The molecule has 1 heterocycles. The number of rotatable bonds is 5. The summed E-state index contributed by atoms with van der Waals surface area (Å²) in [5.41, 5.74) is 2.14. The fraction of sp³-hybridized carbons (Fsp3) is 0.118. The largest absolute Gasteiger partial charge is 0.350 e. The van der Waals surface area contributed by atoms with Crippen LogP contribution in [-0.2, 0) is 6.42 Å². The molecule has 1 amide bonds. The van der Waals surface area contributed by atoms with E-state index in [2.05, 4.69) is 15.6 Å². The van der Waals surface area contributed by atoms with E-state index in [-0.39, 0.29) is 11.6 Å². The fourth-order valence-corrected chi connectivity index (χ4v) is 2.41. The molecule has 0 fully saturated rings. The minimum absolute atomic E-state index is 0.251. The van der Waals surface area contributed by atoms with Crippen molar-refractivity contribution in [3.05, 3.63) is 77.1 Å². The molecule has 3 rings (SSSR count). The summed E-state index contributed by atoms with van der Waals surface area (Å²) in [6.07, 6.45) is 2.28. The van der Waals surface area contributed by atoms with E-state index in [1.165, 1.54) is 0 Å². The van der Waals surface area contributed by atoms with Gasteiger partial charge in [0.15, 0.2) is 5.69 Å². The number of hydrogen-bond acceptors (Lipinski definition) is 3. The Morgan fingerprint density at radius 3 is 2.61 bits per heavy atom. The maximum absolute atomic E-state index is 12.1. The van der Waals surface area contributed by atoms with E-state index in [9.17, 15) is 4.79 Å². The number of nitrogens with zero attached hydrogens (tertiary/aromatic N) is 3. The zero-order valence-electron chi connectivity index (χ0n) is 12.3. The van der Waals surface area contributed by atoms with Crippen molar-refractivity contribution < 1.29 is 4.79 Å². The molecule has 0 atom stereocenters. The highest BCUT2D eigenvalue weighted by atomic mass is 35.5. The highest BCUT2D eigenvalue weighted by molar-refractivity contribution is 6.31. The second-order valence-electron chi connectivity index (χ2n) is 4.98. The summed E-state index contributed by atoms with van der Waals surface area (Å²) >= 11 is 6.09. The van der Waals surface area contributed by atoms with Crippen LogP contribution in [0.4, 0.5) is 0 Å². The molecular weight excluding hydrogens is 312 g/mol. The molecule has 1 N–H and O–H groups in total. The standard InChI is InChI=1S/C17H15ClN4O/c18-15-9-5-4-6-13(15)10-11-19-17(23)16-12-22(21-20-16)14-7-2-1-3-8-14/h1-9,12H,10-11H2,(H,19,23). The molecule has 0 saturated heterocycles. The SMILES string of the molecule is O=C(NCCc1ccccc1Cl)c1cn(-c2ccccc2)nn1. The first kappa shape index (κ1) is 15.2. The highest BCUT2D eigenvalue weighted by Crippen LogP contribution is 2.14. The minimum Gasteiger partial charge on any atom is -0.350 e. The molecule has 0 spiro atoms. The van der Waals surface area contributed by atoms with Gasteiger partial charge in [-0.3, -0.25) is 4.79 Å². The summed E-state index contributed by atoms with van der Waals surface area (Å²) in [6, 6.07) is 17.1. The molecule has 0 aliphatic heterocycles. The molecule has 1 aromatic heterocycles. The van der Waals surface area contributed by atoms with E-state index in [1.54, 1.807) is 10.9 Å². The highest BCUT2D eigenvalue weighted by Gasteiger charge is 2.11. The van der Waals surface area contributed by atoms with Crippen LogP contribution in [0.5, 0.6) is 0 Å². The number of hydrogen-bond donors (Lipinski definition) is 1. The van der Waals surface area contributed by atoms with Crippen LogP contribution in [-0.4, -0.2) is 27.4 Å². The fourth-order valence-electron chi connectivity index (χ4n) is 2.18. The van der Waals surface area contributed by atoms with E-state index in [0.29, 0.717) is 18.0 Å². The second-order valence-corrected chi connectivity index (χ2v) is 5.39. The number of halogens is 1. The van der Waals surface area contributed by atoms with Crippen LogP contribution in [0, 0.1) is 0 Å². The van der Waals surface area contributed by atoms with Gasteiger partial charge in [0.1, 0.15) is 0 Å². The third-order valence-electron chi connectivity index (χ3n) is 3.38. The van der Waals surface area contributed by atoms with Crippen LogP contribution >= 0.6 is 11.6 Å². The molecule has 23 heavy (non-hydrogen) atoms. The molecule has 2 aromatic carbocycles. The summed E-state index contributed by atoms with van der Waals surface area (Å²) < 4.78 is 1.57. The molecule has 0 aliphatic rings. The number of carbonyl (C=O) groups excluding carboxylic acids is 1. The predicted molar refractivity (Wildman–Crippen MR) is 88.8 cm³/mol. The van der Waals surface area contributed by atoms with Gasteiger partial charge < -0.3 is 5.32 Å². The topological polar surface area (TPSA) is 59.8 Å². The molecular formula is C17H15ClN4O. The average Bonchev–Trinajstić information content (AvgIpc) is 3.07. The van der Waals surface area contributed by atoms with Crippen molar-refractivity contribution in [3.63, 3.8) is 0 Å². The molecule has 3 aromatic rings. The summed E-state index contributed by atoms with van der Waals surface area (Å²) in [6.45, 7) is 0.487. The normalized spacial score (nSPS) is 10.5. The van der Waals surface area contributed by atoms with Crippen molar-refractivity contribution in [2.24, 2.45) is 0 Å². The maximum Gasteiger partial charge on any atom is 0.273 e. The van der Waals surface area contributed by atoms with Gasteiger partial charge >= 0.3 is 0 Å². The van der Waals surface area contributed by atoms with Crippen LogP contribution in [0.15, 0.2) is 60.8 Å². The molecule has 0 radical (unpaired) electrons. The van der Waals surface area contributed by atoms with Crippen LogP contribution < -0.4 is 5.32 Å². The van der Waals surface area contributed by atoms with Crippen molar-refractivity contribution in [2.45, 2.75) is 6.42 Å². The Morgan fingerprint density at radius 2 is 1.83 bits per heavy atom. The van der Waals surface area contributed by atoms with Gasteiger partial charge in [-0.1, -0.05) is 53.2 Å². The van der Waals surface area contributed by atoms with Gasteiger partial charge in [-0.15, -0.1) is 5.10 Å². The van der Waals surface area contributed by atoms with Gasteiger partial charge in [-0.25, -0.2) is 4.68 Å². The Bertz CT molecular complexity index is 801. The summed E-state index contributed by atoms with van der Waals surface area (Å²) in [4.78, 5) is 12.1. The molecule has 0 bridgehead atoms. The lowest BCUT2D eigenvalue weighted by atomic mass is 10.1. The average molecular weight is 327 g/mol. The van der Waals surface area contributed by atoms with Gasteiger partial charge in [0.05, 0.1) is 11.9 Å². The zero-order valence-corrected chi connectivity index (χ0v) is 13.1. The van der Waals surface area contributed by atoms with Crippen molar-refractivity contribution in [1.29, 1.82) is 0 Å².